The first-order chi connectivity index (χ1) is 4.74. The molecule has 0 radical (unpaired) electrons. The summed E-state index contributed by atoms with van der Waals surface area (Å²) in [4.78, 5) is 0. The van der Waals surface area contributed by atoms with E-state index >= 15 is 0 Å². The van der Waals surface area contributed by atoms with Crippen LogP contribution in [0.2, 0.25) is 0 Å². The highest BCUT2D eigenvalue weighted by molar-refractivity contribution is 5.18. The van der Waals surface area contributed by atoms with E-state index in [1.54, 1.807) is 0 Å². The zero-order valence-electron chi connectivity index (χ0n) is 6.51. The molecule has 0 spiro atoms. The molecule has 0 aromatic heterocycles. The largest absolute Gasteiger partial charge is 0.103 e. The van der Waals surface area contributed by atoms with Gasteiger partial charge in [0.2, 0.25) is 0 Å². The molecule has 2 aliphatic carbocycles. The van der Waals surface area contributed by atoms with Crippen LogP contribution >= 0.6 is 0 Å². The summed E-state index contributed by atoms with van der Waals surface area (Å²) in [6.45, 7) is 6.23. The average Bonchev–Trinajstić information content (AvgIpc) is 2.46. The quantitative estimate of drug-likeness (QED) is 0.484. The summed E-state index contributed by atoms with van der Waals surface area (Å²) in [5.41, 5.74) is 0.430. The Morgan fingerprint density at radius 2 is 2.40 bits per heavy atom. The molecule has 2 bridgehead atoms. The summed E-state index contributed by atoms with van der Waals surface area (Å²) in [7, 11) is 0. The Bertz CT molecular complexity index is 190. The van der Waals surface area contributed by atoms with Crippen LogP contribution in [0.4, 0.5) is 0 Å². The van der Waals surface area contributed by atoms with Gasteiger partial charge in [-0.3, -0.25) is 0 Å². The summed E-state index contributed by atoms with van der Waals surface area (Å²) in [5.74, 6) is 1.67. The molecule has 0 nitrogen and oxygen atoms in total. The lowest BCUT2D eigenvalue weighted by atomic mass is 9.78. The summed E-state index contributed by atoms with van der Waals surface area (Å²) < 4.78 is 0. The number of hydrogen-bond acceptors (Lipinski definition) is 0. The van der Waals surface area contributed by atoms with Gasteiger partial charge in [-0.15, -0.1) is 6.58 Å². The van der Waals surface area contributed by atoms with Crippen LogP contribution in [-0.2, 0) is 0 Å². The van der Waals surface area contributed by atoms with E-state index in [0.717, 1.165) is 11.8 Å². The topological polar surface area (TPSA) is 0 Å². The second kappa shape index (κ2) is 1.75. The van der Waals surface area contributed by atoms with Gasteiger partial charge in [-0.05, 0) is 30.1 Å². The van der Waals surface area contributed by atoms with Crippen LogP contribution in [-0.4, -0.2) is 0 Å². The Morgan fingerprint density at radius 1 is 1.60 bits per heavy atom. The van der Waals surface area contributed by atoms with Crippen molar-refractivity contribution >= 4 is 0 Å². The lowest BCUT2D eigenvalue weighted by molar-refractivity contribution is 0.354. The summed E-state index contributed by atoms with van der Waals surface area (Å²) >= 11 is 0. The first kappa shape index (κ1) is 6.21. The molecule has 54 valence electrons. The molecular weight excluding hydrogens is 120 g/mol. The molecule has 0 amide bonds. The van der Waals surface area contributed by atoms with Crippen molar-refractivity contribution in [3.05, 3.63) is 24.8 Å². The number of hydrogen-bond donors (Lipinski definition) is 0. The van der Waals surface area contributed by atoms with Gasteiger partial charge in [-0.2, -0.15) is 0 Å². The van der Waals surface area contributed by atoms with E-state index in [4.69, 9.17) is 0 Å². The smallest absolute Gasteiger partial charge is 0.00807 e. The molecule has 1 fully saturated rings. The van der Waals surface area contributed by atoms with Gasteiger partial charge in [0.1, 0.15) is 0 Å². The highest BCUT2D eigenvalue weighted by Crippen LogP contribution is 2.52. The van der Waals surface area contributed by atoms with Gasteiger partial charge in [0.05, 0.1) is 0 Å². The zero-order valence-corrected chi connectivity index (χ0v) is 6.51. The molecule has 0 aromatic rings. The van der Waals surface area contributed by atoms with Crippen molar-refractivity contribution in [1.29, 1.82) is 0 Å². The third-order valence-corrected chi connectivity index (χ3v) is 3.19. The first-order valence-corrected chi connectivity index (χ1v) is 4.06. The van der Waals surface area contributed by atoms with Gasteiger partial charge in [0.25, 0.3) is 0 Å². The van der Waals surface area contributed by atoms with E-state index in [-0.39, 0.29) is 0 Å². The molecule has 10 heavy (non-hydrogen) atoms. The Morgan fingerprint density at radius 3 is 2.70 bits per heavy atom. The molecule has 2 aliphatic rings. The second-order valence-electron chi connectivity index (χ2n) is 3.90. The van der Waals surface area contributed by atoms with Gasteiger partial charge < -0.3 is 0 Å². The third-order valence-electron chi connectivity index (χ3n) is 3.19. The van der Waals surface area contributed by atoms with E-state index in [0.29, 0.717) is 5.41 Å². The van der Waals surface area contributed by atoms with Crippen molar-refractivity contribution in [2.45, 2.75) is 19.8 Å². The predicted octanol–water partition coefficient (Wildman–Crippen LogP) is 2.77. The fraction of sp³-hybridized carbons (Fsp3) is 0.600. The van der Waals surface area contributed by atoms with Crippen LogP contribution in [0.3, 0.4) is 0 Å². The van der Waals surface area contributed by atoms with Crippen LogP contribution in [0.25, 0.3) is 0 Å². The van der Waals surface area contributed by atoms with Gasteiger partial charge in [0, 0.05) is 0 Å². The average molecular weight is 134 g/mol. The maximum Gasteiger partial charge on any atom is -0.00807 e. The highest BCUT2D eigenvalue weighted by Gasteiger charge is 2.42. The minimum absolute atomic E-state index is 0.430. The molecule has 0 N–H and O–H groups in total. The minimum Gasteiger partial charge on any atom is -0.103 e. The zero-order chi connectivity index (χ0) is 7.19. The maximum absolute atomic E-state index is 3.90. The minimum atomic E-state index is 0.430. The van der Waals surface area contributed by atoms with E-state index in [1.807, 2.05) is 0 Å². The maximum atomic E-state index is 3.90. The van der Waals surface area contributed by atoms with Crippen LogP contribution < -0.4 is 0 Å². The number of rotatable bonds is 1. The molecule has 0 heterocycles. The molecule has 0 saturated heterocycles. The first-order valence-electron chi connectivity index (χ1n) is 4.06. The van der Waals surface area contributed by atoms with Crippen LogP contribution in [0.1, 0.15) is 19.8 Å². The van der Waals surface area contributed by atoms with Crippen molar-refractivity contribution in [2.24, 2.45) is 17.3 Å². The van der Waals surface area contributed by atoms with Crippen molar-refractivity contribution in [2.75, 3.05) is 0 Å². The summed E-state index contributed by atoms with van der Waals surface area (Å²) in [6, 6.07) is 0. The molecule has 0 heteroatoms. The molecule has 3 atom stereocenters. The van der Waals surface area contributed by atoms with Gasteiger partial charge in [0.15, 0.2) is 0 Å². The normalized spacial score (nSPS) is 50.1. The Labute approximate surface area is 62.6 Å². The molecular formula is C10H14. The van der Waals surface area contributed by atoms with E-state index < -0.39 is 0 Å². The van der Waals surface area contributed by atoms with E-state index in [2.05, 4.69) is 31.7 Å². The predicted molar refractivity (Wildman–Crippen MR) is 43.7 cm³/mol. The third kappa shape index (κ3) is 0.622. The van der Waals surface area contributed by atoms with Crippen molar-refractivity contribution < 1.29 is 0 Å². The lowest BCUT2D eigenvalue weighted by Crippen LogP contribution is -2.17. The monoisotopic (exact) mass is 134 g/mol. The summed E-state index contributed by atoms with van der Waals surface area (Å²) in [6.07, 6.45) is 9.59. The Kier molecular flexibility index (Phi) is 1.08. The summed E-state index contributed by atoms with van der Waals surface area (Å²) in [5, 5.41) is 0. The molecule has 0 aromatic carbocycles. The van der Waals surface area contributed by atoms with Crippen LogP contribution in [0.5, 0.6) is 0 Å². The highest BCUT2D eigenvalue weighted by atomic mass is 14.5. The molecule has 3 unspecified atom stereocenters. The SMILES string of the molecule is C=CC1(C)CC2C=CC1C2. The van der Waals surface area contributed by atoms with Crippen molar-refractivity contribution in [1.82, 2.24) is 0 Å². The second-order valence-corrected chi connectivity index (χ2v) is 3.90. The molecule has 2 rings (SSSR count). The Balaban J connectivity index is 2.30. The van der Waals surface area contributed by atoms with Crippen molar-refractivity contribution in [3.63, 3.8) is 0 Å². The number of allylic oxidation sites excluding steroid dienone is 3. The lowest BCUT2D eigenvalue weighted by Gasteiger charge is -2.26. The Hall–Kier alpha value is -0.520. The van der Waals surface area contributed by atoms with E-state index in [9.17, 15) is 0 Å². The van der Waals surface area contributed by atoms with Crippen molar-refractivity contribution in [3.8, 4) is 0 Å². The van der Waals surface area contributed by atoms with Crippen LogP contribution in [0, 0.1) is 17.3 Å². The molecule has 1 saturated carbocycles. The van der Waals surface area contributed by atoms with Gasteiger partial charge in [-0.25, -0.2) is 0 Å². The standard InChI is InChI=1S/C10H14/c1-3-10(2)7-8-4-5-9(10)6-8/h3-5,8-9H,1,6-7H2,2H3. The van der Waals surface area contributed by atoms with Gasteiger partial charge in [-0.1, -0.05) is 25.2 Å². The number of fused-ring (bicyclic) bond motifs is 2. The fourth-order valence-electron chi connectivity index (χ4n) is 2.37. The fourth-order valence-corrected chi connectivity index (χ4v) is 2.37. The molecule has 0 aliphatic heterocycles. The van der Waals surface area contributed by atoms with Crippen LogP contribution in [0.15, 0.2) is 24.8 Å². The van der Waals surface area contributed by atoms with E-state index in [1.165, 1.54) is 12.8 Å². The van der Waals surface area contributed by atoms with Gasteiger partial charge >= 0.3 is 0 Å².